The highest BCUT2D eigenvalue weighted by molar-refractivity contribution is 5.92. The van der Waals surface area contributed by atoms with E-state index in [4.69, 9.17) is 0 Å². The van der Waals surface area contributed by atoms with Crippen LogP contribution >= 0.6 is 0 Å². The van der Waals surface area contributed by atoms with Crippen molar-refractivity contribution in [3.8, 4) is 0 Å². The number of nitrogens with zero attached hydrogens (tertiary/aromatic N) is 4. The molecule has 0 radical (unpaired) electrons. The van der Waals surface area contributed by atoms with Gasteiger partial charge in [0.2, 0.25) is 0 Å². The van der Waals surface area contributed by atoms with Gasteiger partial charge in [0.15, 0.2) is 0 Å². The topological polar surface area (TPSA) is 57.2 Å². The Balaban J connectivity index is 1.40. The van der Waals surface area contributed by atoms with Crippen LogP contribution in [-0.2, 0) is 6.54 Å². The normalized spacial score (nSPS) is 16.3. The number of aromatic amines is 1. The van der Waals surface area contributed by atoms with E-state index >= 15 is 0 Å². The lowest BCUT2D eigenvalue weighted by molar-refractivity contribution is 0.0629. The molecule has 0 saturated carbocycles. The van der Waals surface area contributed by atoms with Gasteiger partial charge < -0.3 is 9.88 Å². The van der Waals surface area contributed by atoms with Gasteiger partial charge in [-0.1, -0.05) is 0 Å². The molecule has 2 aromatic rings. The molecule has 112 valence electrons. The van der Waals surface area contributed by atoms with E-state index in [1.54, 1.807) is 6.20 Å². The molecule has 0 bridgehead atoms. The van der Waals surface area contributed by atoms with E-state index < -0.39 is 0 Å². The molecule has 6 nitrogen and oxygen atoms in total. The predicted octanol–water partition coefficient (Wildman–Crippen LogP) is 1.06. The van der Waals surface area contributed by atoms with E-state index in [1.165, 1.54) is 0 Å². The maximum Gasteiger partial charge on any atom is 0.270 e. The predicted molar refractivity (Wildman–Crippen MR) is 80.0 cm³/mol. The minimum Gasteiger partial charge on any atom is -0.357 e. The molecular formula is C15H21N5O. The third-order valence-corrected chi connectivity index (χ3v) is 3.91. The zero-order valence-electron chi connectivity index (χ0n) is 12.1. The number of aromatic nitrogens is 3. The fraction of sp³-hybridized carbons (Fsp3) is 0.467. The SMILES string of the molecule is O=C(c1ccc[nH]1)N1CCN(CCCn2cccn2)CC1. The Labute approximate surface area is 124 Å². The fourth-order valence-corrected chi connectivity index (χ4v) is 2.70. The molecule has 0 aromatic carbocycles. The average molecular weight is 287 g/mol. The Morgan fingerprint density at radius 3 is 2.71 bits per heavy atom. The minimum atomic E-state index is 0.108. The van der Waals surface area contributed by atoms with Crippen LogP contribution < -0.4 is 0 Å². The minimum absolute atomic E-state index is 0.108. The molecule has 1 fully saturated rings. The van der Waals surface area contributed by atoms with Crippen molar-refractivity contribution in [3.63, 3.8) is 0 Å². The molecule has 3 rings (SSSR count). The molecule has 1 saturated heterocycles. The molecule has 1 amide bonds. The van der Waals surface area contributed by atoms with Crippen molar-refractivity contribution < 1.29 is 4.79 Å². The van der Waals surface area contributed by atoms with Gasteiger partial charge >= 0.3 is 0 Å². The number of piperazine rings is 1. The standard InChI is InChI=1S/C15H21N5O/c21-15(14-4-1-5-16-14)19-12-10-18(11-13-19)7-3-9-20-8-2-6-17-20/h1-2,4-6,8,16H,3,7,9-13H2. The maximum absolute atomic E-state index is 12.2. The van der Waals surface area contributed by atoms with Crippen LogP contribution in [0.3, 0.4) is 0 Å². The van der Waals surface area contributed by atoms with Crippen LogP contribution in [0.4, 0.5) is 0 Å². The Bertz CT molecular complexity index is 541. The van der Waals surface area contributed by atoms with Gasteiger partial charge in [0.1, 0.15) is 5.69 Å². The van der Waals surface area contributed by atoms with Gasteiger partial charge in [-0.3, -0.25) is 14.4 Å². The van der Waals surface area contributed by atoms with Gasteiger partial charge in [0, 0.05) is 57.9 Å². The van der Waals surface area contributed by atoms with Crippen molar-refractivity contribution in [2.24, 2.45) is 0 Å². The van der Waals surface area contributed by atoms with E-state index in [-0.39, 0.29) is 5.91 Å². The summed E-state index contributed by atoms with van der Waals surface area (Å²) in [4.78, 5) is 19.5. The van der Waals surface area contributed by atoms with E-state index in [2.05, 4.69) is 15.0 Å². The number of hydrogen-bond acceptors (Lipinski definition) is 3. The summed E-state index contributed by atoms with van der Waals surface area (Å²) in [5, 5.41) is 4.20. The van der Waals surface area contributed by atoms with E-state index in [0.717, 1.165) is 45.7 Å². The van der Waals surface area contributed by atoms with Crippen LogP contribution in [0.25, 0.3) is 0 Å². The van der Waals surface area contributed by atoms with E-state index in [9.17, 15) is 4.79 Å². The van der Waals surface area contributed by atoms with Gasteiger partial charge in [-0.2, -0.15) is 5.10 Å². The Kier molecular flexibility index (Phi) is 4.35. The molecular weight excluding hydrogens is 266 g/mol. The van der Waals surface area contributed by atoms with Crippen LogP contribution in [0.1, 0.15) is 16.9 Å². The van der Waals surface area contributed by atoms with Crippen LogP contribution in [0.2, 0.25) is 0 Å². The average Bonchev–Trinajstić information content (AvgIpc) is 3.21. The summed E-state index contributed by atoms with van der Waals surface area (Å²) in [6, 6.07) is 5.64. The summed E-state index contributed by atoms with van der Waals surface area (Å²) in [6.45, 7) is 5.52. The quantitative estimate of drug-likeness (QED) is 0.894. The summed E-state index contributed by atoms with van der Waals surface area (Å²) < 4.78 is 1.96. The van der Waals surface area contributed by atoms with Crippen LogP contribution in [0.5, 0.6) is 0 Å². The first kappa shape index (κ1) is 13.9. The van der Waals surface area contributed by atoms with Crippen molar-refractivity contribution in [1.82, 2.24) is 24.6 Å². The van der Waals surface area contributed by atoms with Gasteiger partial charge in [-0.05, 0) is 24.6 Å². The van der Waals surface area contributed by atoms with Crippen LogP contribution in [0, 0.1) is 0 Å². The molecule has 21 heavy (non-hydrogen) atoms. The summed E-state index contributed by atoms with van der Waals surface area (Å²) in [5.41, 5.74) is 0.683. The number of nitrogens with one attached hydrogen (secondary N) is 1. The molecule has 1 aliphatic rings. The Hall–Kier alpha value is -2.08. The number of aryl methyl sites for hydroxylation is 1. The fourth-order valence-electron chi connectivity index (χ4n) is 2.70. The molecule has 0 unspecified atom stereocenters. The highest BCUT2D eigenvalue weighted by atomic mass is 16.2. The number of hydrogen-bond donors (Lipinski definition) is 1. The number of carbonyl (C=O) groups is 1. The molecule has 3 heterocycles. The van der Waals surface area contributed by atoms with Crippen molar-refractivity contribution in [2.45, 2.75) is 13.0 Å². The van der Waals surface area contributed by atoms with Crippen molar-refractivity contribution in [1.29, 1.82) is 0 Å². The largest absolute Gasteiger partial charge is 0.357 e. The molecule has 1 aliphatic heterocycles. The second kappa shape index (κ2) is 6.58. The molecule has 0 aliphatic carbocycles. The molecule has 0 atom stereocenters. The third kappa shape index (κ3) is 3.52. The highest BCUT2D eigenvalue weighted by Gasteiger charge is 2.22. The van der Waals surface area contributed by atoms with Crippen molar-refractivity contribution in [2.75, 3.05) is 32.7 Å². The third-order valence-electron chi connectivity index (χ3n) is 3.91. The number of amides is 1. The van der Waals surface area contributed by atoms with Crippen molar-refractivity contribution in [3.05, 3.63) is 42.5 Å². The van der Waals surface area contributed by atoms with Gasteiger partial charge in [-0.15, -0.1) is 0 Å². The second-order valence-corrected chi connectivity index (χ2v) is 5.34. The van der Waals surface area contributed by atoms with Crippen LogP contribution in [-0.4, -0.2) is 63.2 Å². The zero-order chi connectivity index (χ0) is 14.5. The summed E-state index contributed by atoms with van der Waals surface area (Å²) >= 11 is 0. The smallest absolute Gasteiger partial charge is 0.270 e. The molecule has 1 N–H and O–H groups in total. The monoisotopic (exact) mass is 287 g/mol. The Morgan fingerprint density at radius 1 is 1.19 bits per heavy atom. The highest BCUT2D eigenvalue weighted by Crippen LogP contribution is 2.08. The van der Waals surface area contributed by atoms with E-state index in [0.29, 0.717) is 5.69 Å². The zero-order valence-corrected chi connectivity index (χ0v) is 12.1. The lowest BCUT2D eigenvalue weighted by Crippen LogP contribution is -2.49. The van der Waals surface area contributed by atoms with Crippen molar-refractivity contribution >= 4 is 5.91 Å². The number of H-pyrrole nitrogens is 1. The van der Waals surface area contributed by atoms with Gasteiger partial charge in [-0.25, -0.2) is 0 Å². The molecule has 0 spiro atoms. The molecule has 2 aromatic heterocycles. The van der Waals surface area contributed by atoms with Gasteiger partial charge in [0.05, 0.1) is 0 Å². The lowest BCUT2D eigenvalue weighted by Gasteiger charge is -2.34. The summed E-state index contributed by atoms with van der Waals surface area (Å²) in [7, 11) is 0. The van der Waals surface area contributed by atoms with Crippen LogP contribution in [0.15, 0.2) is 36.8 Å². The first-order chi connectivity index (χ1) is 10.3. The first-order valence-corrected chi connectivity index (χ1v) is 7.45. The maximum atomic E-state index is 12.2. The van der Waals surface area contributed by atoms with E-state index in [1.807, 2.05) is 40.2 Å². The summed E-state index contributed by atoms with van der Waals surface area (Å²) in [6.07, 6.45) is 6.68. The lowest BCUT2D eigenvalue weighted by atomic mass is 10.2. The summed E-state index contributed by atoms with van der Waals surface area (Å²) in [5.74, 6) is 0.108. The second-order valence-electron chi connectivity index (χ2n) is 5.34. The number of rotatable bonds is 5. The Morgan fingerprint density at radius 2 is 2.05 bits per heavy atom. The van der Waals surface area contributed by atoms with Gasteiger partial charge in [0.25, 0.3) is 5.91 Å². The molecule has 6 heteroatoms. The number of carbonyl (C=O) groups excluding carboxylic acids is 1. The first-order valence-electron chi connectivity index (χ1n) is 7.45.